The van der Waals surface area contributed by atoms with E-state index in [9.17, 15) is 14.7 Å². The average Bonchev–Trinajstić information content (AvgIpc) is 2.24. The molecule has 0 saturated heterocycles. The van der Waals surface area contributed by atoms with Crippen LogP contribution >= 0.6 is 0 Å². The fourth-order valence-corrected chi connectivity index (χ4v) is 1.67. The summed E-state index contributed by atoms with van der Waals surface area (Å²) in [4.78, 5) is 21.5. The molecular weight excluding hydrogens is 216 g/mol. The minimum absolute atomic E-state index is 0.425. The maximum atomic E-state index is 11.1. The van der Waals surface area contributed by atoms with Gasteiger partial charge in [-0.15, -0.1) is 0 Å². The van der Waals surface area contributed by atoms with Crippen LogP contribution in [0.25, 0.3) is 0 Å². The van der Waals surface area contributed by atoms with Crippen LogP contribution in [-0.4, -0.2) is 11.8 Å². The first-order chi connectivity index (χ1) is 7.84. The van der Waals surface area contributed by atoms with Crippen molar-refractivity contribution in [2.24, 2.45) is 11.8 Å². The van der Waals surface area contributed by atoms with Crippen LogP contribution in [0.1, 0.15) is 53.4 Å². The monoisotopic (exact) mass is 239 g/mol. The van der Waals surface area contributed by atoms with E-state index in [1.165, 1.54) is 5.57 Å². The number of rotatable bonds is 8. The van der Waals surface area contributed by atoms with Crippen LogP contribution in [0, 0.1) is 11.8 Å². The summed E-state index contributed by atoms with van der Waals surface area (Å²) in [6.07, 6.45) is 5.84. The van der Waals surface area contributed by atoms with Crippen LogP contribution < -0.4 is 5.11 Å². The van der Waals surface area contributed by atoms with Gasteiger partial charge in [-0.3, -0.25) is 4.79 Å². The minimum Gasteiger partial charge on any atom is -0.542 e. The molecule has 2 unspecified atom stereocenters. The second-order valence-corrected chi connectivity index (χ2v) is 5.09. The fraction of sp³-hybridized carbons (Fsp3) is 0.714. The minimum atomic E-state index is -1.56. The van der Waals surface area contributed by atoms with Crippen LogP contribution in [0.2, 0.25) is 0 Å². The summed E-state index contributed by atoms with van der Waals surface area (Å²) in [7, 11) is 0. The van der Waals surface area contributed by atoms with Crippen molar-refractivity contribution in [1.82, 2.24) is 0 Å². The van der Waals surface area contributed by atoms with E-state index < -0.39 is 17.7 Å². The van der Waals surface area contributed by atoms with E-state index in [1.807, 2.05) is 0 Å². The van der Waals surface area contributed by atoms with E-state index in [4.69, 9.17) is 0 Å². The van der Waals surface area contributed by atoms with E-state index in [2.05, 4.69) is 26.8 Å². The maximum absolute atomic E-state index is 11.1. The van der Waals surface area contributed by atoms with Crippen molar-refractivity contribution in [3.05, 3.63) is 11.6 Å². The smallest absolute Gasteiger partial charge is 0.181 e. The van der Waals surface area contributed by atoms with Gasteiger partial charge in [0.15, 0.2) is 5.78 Å². The third kappa shape index (κ3) is 7.72. The molecule has 0 radical (unpaired) electrons. The molecule has 2 atom stereocenters. The normalized spacial score (nSPS) is 13.9. The van der Waals surface area contributed by atoms with Crippen LogP contribution in [0.5, 0.6) is 0 Å². The third-order valence-electron chi connectivity index (χ3n) is 2.95. The van der Waals surface area contributed by atoms with Crippen LogP contribution in [0.3, 0.4) is 0 Å². The Morgan fingerprint density at radius 1 is 1.12 bits per heavy atom. The van der Waals surface area contributed by atoms with Crippen molar-refractivity contribution in [3.63, 3.8) is 0 Å². The lowest BCUT2D eigenvalue weighted by molar-refractivity contribution is -0.300. The first kappa shape index (κ1) is 15.9. The highest BCUT2D eigenvalue weighted by Crippen LogP contribution is 2.17. The van der Waals surface area contributed by atoms with Gasteiger partial charge in [0.05, 0.1) is 0 Å². The summed E-state index contributed by atoms with van der Waals surface area (Å²) in [5.41, 5.74) is 1.32. The van der Waals surface area contributed by atoms with E-state index in [0.29, 0.717) is 12.3 Å². The quantitative estimate of drug-likeness (QED) is 0.481. The van der Waals surface area contributed by atoms with Gasteiger partial charge in [0.2, 0.25) is 0 Å². The first-order valence-electron chi connectivity index (χ1n) is 6.23. The molecule has 0 saturated carbocycles. The Balaban J connectivity index is 3.84. The molecule has 0 rings (SSSR count). The molecule has 0 aromatic rings. The maximum Gasteiger partial charge on any atom is 0.181 e. The number of hydrogen-bond donors (Lipinski definition) is 0. The molecule has 0 amide bonds. The molecule has 0 heterocycles. The Morgan fingerprint density at radius 3 is 2.18 bits per heavy atom. The van der Waals surface area contributed by atoms with Gasteiger partial charge in [-0.1, -0.05) is 31.9 Å². The van der Waals surface area contributed by atoms with E-state index in [-0.39, 0.29) is 0 Å². The number of aliphatic carboxylic acids is 1. The number of carbonyl (C=O) groups excluding carboxylic acids is 2. The summed E-state index contributed by atoms with van der Waals surface area (Å²) in [5, 5.41) is 10.4. The summed E-state index contributed by atoms with van der Waals surface area (Å²) >= 11 is 0. The zero-order valence-electron chi connectivity index (χ0n) is 11.3. The van der Waals surface area contributed by atoms with Crippen molar-refractivity contribution in [2.75, 3.05) is 0 Å². The fourth-order valence-electron chi connectivity index (χ4n) is 1.67. The largest absolute Gasteiger partial charge is 0.542 e. The van der Waals surface area contributed by atoms with Gasteiger partial charge in [0, 0.05) is 5.92 Å². The van der Waals surface area contributed by atoms with E-state index in [0.717, 1.165) is 19.3 Å². The van der Waals surface area contributed by atoms with Crippen molar-refractivity contribution >= 4 is 11.8 Å². The number of carboxylic acids is 1. The van der Waals surface area contributed by atoms with Crippen molar-refractivity contribution in [1.29, 1.82) is 0 Å². The molecule has 98 valence electrons. The van der Waals surface area contributed by atoms with Crippen LogP contribution in [0.4, 0.5) is 0 Å². The van der Waals surface area contributed by atoms with Gasteiger partial charge in [-0.2, -0.15) is 0 Å². The Morgan fingerprint density at radius 2 is 1.71 bits per heavy atom. The molecule has 0 aliphatic carbocycles. The van der Waals surface area contributed by atoms with Gasteiger partial charge < -0.3 is 9.90 Å². The SMILES string of the molecule is CC(C)=CCCC(C)CCC(C)C(=O)C(=O)[O-]. The summed E-state index contributed by atoms with van der Waals surface area (Å²) in [6.45, 7) is 7.94. The Labute approximate surface area is 104 Å². The zero-order valence-corrected chi connectivity index (χ0v) is 11.3. The molecule has 17 heavy (non-hydrogen) atoms. The number of carboxylic acid groups (broad SMARTS) is 1. The van der Waals surface area contributed by atoms with E-state index >= 15 is 0 Å². The van der Waals surface area contributed by atoms with Crippen LogP contribution in [0.15, 0.2) is 11.6 Å². The molecule has 0 aliphatic rings. The summed E-state index contributed by atoms with van der Waals surface area (Å²) in [6, 6.07) is 0. The van der Waals surface area contributed by atoms with Gasteiger partial charge in [-0.05, 0) is 39.0 Å². The molecule has 0 spiro atoms. The predicted molar refractivity (Wildman–Crippen MR) is 66.2 cm³/mol. The second kappa shape index (κ2) is 8.04. The van der Waals surface area contributed by atoms with Crippen molar-refractivity contribution < 1.29 is 14.7 Å². The first-order valence-corrected chi connectivity index (χ1v) is 6.23. The zero-order chi connectivity index (χ0) is 13.4. The predicted octanol–water partition coefficient (Wildman–Crippen LogP) is 2.10. The van der Waals surface area contributed by atoms with Crippen molar-refractivity contribution in [2.45, 2.75) is 53.4 Å². The summed E-state index contributed by atoms with van der Waals surface area (Å²) in [5.74, 6) is -2.25. The Hall–Kier alpha value is -1.12. The molecule has 0 aromatic heterocycles. The number of ketones is 1. The van der Waals surface area contributed by atoms with Gasteiger partial charge in [0.25, 0.3) is 0 Å². The topological polar surface area (TPSA) is 57.2 Å². The lowest BCUT2D eigenvalue weighted by Crippen LogP contribution is -2.35. The molecule has 0 N–H and O–H groups in total. The number of carbonyl (C=O) groups is 2. The molecule has 0 aliphatic heterocycles. The second-order valence-electron chi connectivity index (χ2n) is 5.09. The number of Topliss-reactive ketones (excluding diaryl/α,β-unsaturated/α-hetero) is 1. The number of allylic oxidation sites excluding steroid dienone is 2. The van der Waals surface area contributed by atoms with Gasteiger partial charge >= 0.3 is 0 Å². The summed E-state index contributed by atoms with van der Waals surface area (Å²) < 4.78 is 0. The van der Waals surface area contributed by atoms with E-state index in [1.54, 1.807) is 6.92 Å². The Bertz CT molecular complexity index is 288. The lowest BCUT2D eigenvalue weighted by Gasteiger charge is -2.14. The molecule has 3 heteroatoms. The van der Waals surface area contributed by atoms with Gasteiger partial charge in [0.1, 0.15) is 5.97 Å². The highest BCUT2D eigenvalue weighted by atomic mass is 16.4. The molecule has 0 fully saturated rings. The van der Waals surface area contributed by atoms with Gasteiger partial charge in [-0.25, -0.2) is 0 Å². The number of hydrogen-bond acceptors (Lipinski definition) is 3. The lowest BCUT2D eigenvalue weighted by atomic mass is 9.92. The highest BCUT2D eigenvalue weighted by molar-refractivity contribution is 6.32. The molecule has 0 bridgehead atoms. The highest BCUT2D eigenvalue weighted by Gasteiger charge is 2.14. The molecule has 0 aromatic carbocycles. The van der Waals surface area contributed by atoms with Crippen molar-refractivity contribution in [3.8, 4) is 0 Å². The average molecular weight is 239 g/mol. The molecular formula is C14H23O3-. The van der Waals surface area contributed by atoms with Crippen LogP contribution in [-0.2, 0) is 9.59 Å². The Kier molecular flexibility index (Phi) is 7.51. The third-order valence-corrected chi connectivity index (χ3v) is 2.95. The molecule has 3 nitrogen and oxygen atoms in total. The standard InChI is InChI=1S/C14H24O3/c1-10(2)6-5-7-11(3)8-9-12(4)13(15)14(16)17/h6,11-12H,5,7-9H2,1-4H3,(H,16,17)/p-1.